The van der Waals surface area contributed by atoms with Crippen LogP contribution < -0.4 is 0 Å². The first-order valence-electron chi connectivity index (χ1n) is 6.32. The third-order valence-corrected chi connectivity index (χ3v) is 2.63. The van der Waals surface area contributed by atoms with Crippen molar-refractivity contribution in [2.24, 2.45) is 0 Å². The molecule has 17 heavy (non-hydrogen) atoms. The summed E-state index contributed by atoms with van der Waals surface area (Å²) in [5, 5.41) is 0. The van der Waals surface area contributed by atoms with E-state index in [4.69, 9.17) is 14.2 Å². The van der Waals surface area contributed by atoms with Crippen LogP contribution in [0.2, 0.25) is 0 Å². The lowest BCUT2D eigenvalue weighted by Crippen LogP contribution is -2.28. The summed E-state index contributed by atoms with van der Waals surface area (Å²) in [4.78, 5) is 0. The van der Waals surface area contributed by atoms with Gasteiger partial charge in [0.2, 0.25) is 0 Å². The van der Waals surface area contributed by atoms with Gasteiger partial charge < -0.3 is 14.2 Å². The second kappa shape index (κ2) is 8.45. The molecule has 0 saturated carbocycles. The summed E-state index contributed by atoms with van der Waals surface area (Å²) in [7, 11) is 0. The van der Waals surface area contributed by atoms with E-state index in [1.165, 1.54) is 6.42 Å². The highest BCUT2D eigenvalue weighted by atomic mass is 16.7. The van der Waals surface area contributed by atoms with E-state index >= 15 is 0 Å². The lowest BCUT2D eigenvalue weighted by atomic mass is 10.1. The molecule has 1 saturated heterocycles. The van der Waals surface area contributed by atoms with Crippen LogP contribution in [0.3, 0.4) is 0 Å². The summed E-state index contributed by atoms with van der Waals surface area (Å²) in [5.74, 6) is 0. The number of rotatable bonds is 8. The highest BCUT2D eigenvalue weighted by Gasteiger charge is 2.17. The van der Waals surface area contributed by atoms with E-state index in [0.29, 0.717) is 13.2 Å². The molecule has 98 valence electrons. The summed E-state index contributed by atoms with van der Waals surface area (Å²) in [6.45, 7) is 11.5. The van der Waals surface area contributed by atoms with Gasteiger partial charge in [-0.25, -0.2) is 0 Å². The lowest BCUT2D eigenvalue weighted by Gasteiger charge is -2.25. The molecule has 1 fully saturated rings. The Bertz CT molecular complexity index is 232. The molecule has 3 heteroatoms. The summed E-state index contributed by atoms with van der Waals surface area (Å²) < 4.78 is 16.9. The zero-order chi connectivity index (χ0) is 12.5. The molecule has 1 aliphatic rings. The third-order valence-electron chi connectivity index (χ3n) is 2.63. The largest absolute Gasteiger partial charge is 0.371 e. The molecular formula is C14H24O3. The fourth-order valence-corrected chi connectivity index (χ4v) is 1.82. The van der Waals surface area contributed by atoms with Crippen molar-refractivity contribution in [2.45, 2.75) is 45.0 Å². The summed E-state index contributed by atoms with van der Waals surface area (Å²) >= 11 is 0. The zero-order valence-electron chi connectivity index (χ0n) is 10.8. The Morgan fingerprint density at radius 1 is 1.53 bits per heavy atom. The smallest absolute Gasteiger partial charge is 0.157 e. The normalized spacial score (nSPS) is 22.1. The van der Waals surface area contributed by atoms with Crippen molar-refractivity contribution in [1.29, 1.82) is 0 Å². The molecule has 0 amide bonds. The summed E-state index contributed by atoms with van der Waals surface area (Å²) in [5.41, 5.74) is 1.10. The Morgan fingerprint density at radius 3 is 2.94 bits per heavy atom. The van der Waals surface area contributed by atoms with E-state index in [1.807, 2.05) is 6.92 Å². The van der Waals surface area contributed by atoms with Crippen molar-refractivity contribution in [3.8, 4) is 0 Å². The monoisotopic (exact) mass is 240 g/mol. The molecule has 0 aromatic rings. The van der Waals surface area contributed by atoms with Crippen molar-refractivity contribution in [1.82, 2.24) is 0 Å². The number of hydrogen-bond acceptors (Lipinski definition) is 3. The van der Waals surface area contributed by atoms with Gasteiger partial charge in [-0.3, -0.25) is 0 Å². The fourth-order valence-electron chi connectivity index (χ4n) is 1.82. The fraction of sp³-hybridized carbons (Fsp3) is 0.714. The van der Waals surface area contributed by atoms with Crippen LogP contribution in [-0.2, 0) is 14.2 Å². The highest BCUT2D eigenvalue weighted by molar-refractivity contribution is 4.91. The van der Waals surface area contributed by atoms with Crippen molar-refractivity contribution in [3.05, 3.63) is 24.8 Å². The molecule has 3 nitrogen and oxygen atoms in total. The van der Waals surface area contributed by atoms with E-state index in [9.17, 15) is 0 Å². The van der Waals surface area contributed by atoms with Crippen molar-refractivity contribution < 1.29 is 14.2 Å². The molecule has 0 spiro atoms. The predicted octanol–water partition coefficient (Wildman–Crippen LogP) is 3.07. The standard InChI is InChI=1S/C14H24O3/c1-4-8-15-13(10-12(2)3)11-17-14-7-5-6-9-16-14/h4,13-14H,1-2,5-11H2,3H3/t13-,14?/m0/s1. The van der Waals surface area contributed by atoms with Crippen LogP contribution in [0.4, 0.5) is 0 Å². The Balaban J connectivity index is 2.25. The van der Waals surface area contributed by atoms with Gasteiger partial charge in [0.05, 0.1) is 19.3 Å². The van der Waals surface area contributed by atoms with E-state index < -0.39 is 0 Å². The predicted molar refractivity (Wildman–Crippen MR) is 68.9 cm³/mol. The Labute approximate surface area is 104 Å². The van der Waals surface area contributed by atoms with Crippen LogP contribution in [-0.4, -0.2) is 32.2 Å². The SMILES string of the molecule is C=CCO[C@H](COC1CCCCO1)CC(=C)C. The topological polar surface area (TPSA) is 27.7 Å². The van der Waals surface area contributed by atoms with Crippen LogP contribution in [0.5, 0.6) is 0 Å². The summed E-state index contributed by atoms with van der Waals surface area (Å²) in [6, 6.07) is 0. The van der Waals surface area contributed by atoms with Gasteiger partial charge in [-0.2, -0.15) is 0 Å². The average Bonchev–Trinajstić information content (AvgIpc) is 2.33. The Hall–Kier alpha value is -0.640. The van der Waals surface area contributed by atoms with Crippen molar-refractivity contribution in [3.63, 3.8) is 0 Å². The maximum Gasteiger partial charge on any atom is 0.157 e. The molecule has 0 bridgehead atoms. The zero-order valence-corrected chi connectivity index (χ0v) is 10.8. The molecule has 1 aliphatic heterocycles. The minimum Gasteiger partial charge on any atom is -0.371 e. The van der Waals surface area contributed by atoms with E-state index in [0.717, 1.165) is 31.4 Å². The number of ether oxygens (including phenoxy) is 3. The van der Waals surface area contributed by atoms with Crippen LogP contribution in [0.25, 0.3) is 0 Å². The molecule has 1 unspecified atom stereocenters. The van der Waals surface area contributed by atoms with Gasteiger partial charge in [-0.1, -0.05) is 11.6 Å². The molecule has 0 aliphatic carbocycles. The average molecular weight is 240 g/mol. The van der Waals surface area contributed by atoms with E-state index in [-0.39, 0.29) is 12.4 Å². The van der Waals surface area contributed by atoms with E-state index in [2.05, 4.69) is 13.2 Å². The minimum atomic E-state index is -0.0521. The quantitative estimate of drug-likeness (QED) is 0.610. The van der Waals surface area contributed by atoms with Crippen LogP contribution in [0, 0.1) is 0 Å². The van der Waals surface area contributed by atoms with Crippen LogP contribution in [0.15, 0.2) is 24.8 Å². The van der Waals surface area contributed by atoms with Gasteiger partial charge in [-0.05, 0) is 32.6 Å². The third kappa shape index (κ3) is 6.61. The Morgan fingerprint density at radius 2 is 2.35 bits per heavy atom. The van der Waals surface area contributed by atoms with Crippen LogP contribution in [0.1, 0.15) is 32.6 Å². The second-order valence-electron chi connectivity index (χ2n) is 4.53. The molecule has 0 aromatic carbocycles. The van der Waals surface area contributed by atoms with Crippen molar-refractivity contribution in [2.75, 3.05) is 19.8 Å². The van der Waals surface area contributed by atoms with Crippen LogP contribution >= 0.6 is 0 Å². The van der Waals surface area contributed by atoms with Gasteiger partial charge in [0.25, 0.3) is 0 Å². The maximum absolute atomic E-state index is 5.72. The first kappa shape index (κ1) is 14.4. The molecule has 0 aromatic heterocycles. The van der Waals surface area contributed by atoms with Gasteiger partial charge in [0.15, 0.2) is 6.29 Å². The number of hydrogen-bond donors (Lipinski definition) is 0. The van der Waals surface area contributed by atoms with Crippen molar-refractivity contribution >= 4 is 0 Å². The minimum absolute atomic E-state index is 0.0519. The molecule has 0 radical (unpaired) electrons. The van der Waals surface area contributed by atoms with Gasteiger partial charge in [0, 0.05) is 6.61 Å². The Kier molecular flexibility index (Phi) is 7.17. The van der Waals surface area contributed by atoms with Gasteiger partial charge >= 0.3 is 0 Å². The van der Waals surface area contributed by atoms with Gasteiger partial charge in [-0.15, -0.1) is 13.2 Å². The molecule has 2 atom stereocenters. The highest BCUT2D eigenvalue weighted by Crippen LogP contribution is 2.15. The molecular weight excluding hydrogens is 216 g/mol. The first-order chi connectivity index (χ1) is 8.22. The summed E-state index contributed by atoms with van der Waals surface area (Å²) in [6.07, 6.45) is 5.88. The molecule has 0 N–H and O–H groups in total. The second-order valence-corrected chi connectivity index (χ2v) is 4.53. The maximum atomic E-state index is 5.72. The van der Waals surface area contributed by atoms with Gasteiger partial charge in [0.1, 0.15) is 0 Å². The lowest BCUT2D eigenvalue weighted by molar-refractivity contribution is -0.178. The molecule has 1 rings (SSSR count). The molecule has 1 heterocycles. The van der Waals surface area contributed by atoms with E-state index in [1.54, 1.807) is 6.08 Å². The first-order valence-corrected chi connectivity index (χ1v) is 6.32.